The Morgan fingerprint density at radius 3 is 2.42 bits per heavy atom. The number of nitrogens with one attached hydrogen (secondary N) is 1. The second-order valence-electron chi connectivity index (χ2n) is 3.72. The van der Waals surface area contributed by atoms with E-state index in [0.29, 0.717) is 12.6 Å². The number of nitrogens with zero attached hydrogens (tertiary/aromatic N) is 4. The maximum Gasteiger partial charge on any atom is 0.169 e. The zero-order chi connectivity index (χ0) is 14.3. The lowest BCUT2D eigenvalue weighted by molar-refractivity contribution is 0.573. The van der Waals surface area contributed by atoms with Crippen LogP contribution in [-0.2, 0) is 0 Å². The lowest BCUT2D eigenvalue weighted by Crippen LogP contribution is -2.26. The molecule has 1 aromatic heterocycles. The molecule has 0 radical (unpaired) electrons. The molecule has 0 aliphatic carbocycles. The largest absolute Gasteiger partial charge is 0.368 e. The van der Waals surface area contributed by atoms with Gasteiger partial charge in [0.15, 0.2) is 23.3 Å². The number of nitriles is 2. The minimum absolute atomic E-state index is 0.0841. The van der Waals surface area contributed by atoms with Crippen molar-refractivity contribution in [2.75, 3.05) is 29.9 Å². The van der Waals surface area contributed by atoms with Crippen molar-refractivity contribution in [3.05, 3.63) is 17.7 Å². The molecule has 0 atom stereocenters. The van der Waals surface area contributed by atoms with E-state index in [-0.39, 0.29) is 24.7 Å². The maximum absolute atomic E-state index is 13.7. The summed E-state index contributed by atoms with van der Waals surface area (Å²) in [5, 5.41) is 20.0. The van der Waals surface area contributed by atoms with Gasteiger partial charge in [-0.1, -0.05) is 6.92 Å². The SMILES string of the molecule is CCCNc1nc(N(CC#N)CC#N)c(F)cc1F. The molecular weight excluding hydrogens is 252 g/mol. The zero-order valence-electron chi connectivity index (χ0n) is 10.5. The maximum atomic E-state index is 13.7. The lowest BCUT2D eigenvalue weighted by atomic mass is 10.3. The van der Waals surface area contributed by atoms with E-state index in [1.165, 1.54) is 0 Å². The monoisotopic (exact) mass is 265 g/mol. The Kier molecular flexibility index (Phi) is 5.49. The molecule has 0 bridgehead atoms. The number of pyridine rings is 1. The molecule has 19 heavy (non-hydrogen) atoms. The van der Waals surface area contributed by atoms with E-state index in [2.05, 4.69) is 10.3 Å². The Labute approximate surface area is 110 Å². The van der Waals surface area contributed by atoms with Gasteiger partial charge in [-0.3, -0.25) is 0 Å². The molecule has 1 N–H and O–H groups in total. The zero-order valence-corrected chi connectivity index (χ0v) is 10.5. The van der Waals surface area contributed by atoms with Crippen LogP contribution < -0.4 is 10.2 Å². The molecule has 1 aromatic rings. The van der Waals surface area contributed by atoms with Gasteiger partial charge >= 0.3 is 0 Å². The fourth-order valence-corrected chi connectivity index (χ4v) is 1.42. The predicted molar refractivity (Wildman–Crippen MR) is 66.4 cm³/mol. The van der Waals surface area contributed by atoms with Gasteiger partial charge in [-0.2, -0.15) is 10.5 Å². The number of anilines is 2. The van der Waals surface area contributed by atoms with Crippen LogP contribution >= 0.6 is 0 Å². The van der Waals surface area contributed by atoms with E-state index in [9.17, 15) is 8.78 Å². The average molecular weight is 265 g/mol. The highest BCUT2D eigenvalue weighted by atomic mass is 19.1. The fourth-order valence-electron chi connectivity index (χ4n) is 1.42. The number of rotatable bonds is 6. The van der Waals surface area contributed by atoms with Crippen LogP contribution in [0.25, 0.3) is 0 Å². The summed E-state index contributed by atoms with van der Waals surface area (Å²) >= 11 is 0. The Hall–Kier alpha value is -2.41. The molecule has 0 saturated heterocycles. The number of hydrogen-bond acceptors (Lipinski definition) is 5. The molecule has 100 valence electrons. The molecule has 0 spiro atoms. The summed E-state index contributed by atoms with van der Waals surface area (Å²) in [6.45, 7) is 1.99. The summed E-state index contributed by atoms with van der Waals surface area (Å²) in [5.41, 5.74) is 0. The highest BCUT2D eigenvalue weighted by Crippen LogP contribution is 2.22. The van der Waals surface area contributed by atoms with Gasteiger partial charge in [0.25, 0.3) is 0 Å². The standard InChI is InChI=1S/C12H13F2N5/c1-2-5-17-11-9(13)8-10(14)12(18-11)19(6-3-15)7-4-16/h8H,2,5-7H2,1H3,(H,17,18). The molecule has 0 aromatic carbocycles. The Morgan fingerprint density at radius 2 is 1.89 bits per heavy atom. The van der Waals surface area contributed by atoms with Crippen LogP contribution in [0, 0.1) is 34.3 Å². The molecular formula is C12H13F2N5. The van der Waals surface area contributed by atoms with Gasteiger partial charge in [-0.05, 0) is 6.42 Å². The van der Waals surface area contributed by atoms with Crippen LogP contribution in [0.1, 0.15) is 13.3 Å². The summed E-state index contributed by atoms with van der Waals surface area (Å²) in [6, 6.07) is 4.32. The van der Waals surface area contributed by atoms with E-state index in [0.717, 1.165) is 11.3 Å². The second-order valence-corrected chi connectivity index (χ2v) is 3.72. The molecule has 0 aliphatic rings. The minimum Gasteiger partial charge on any atom is -0.368 e. The topological polar surface area (TPSA) is 75.7 Å². The highest BCUT2D eigenvalue weighted by molar-refractivity contribution is 5.50. The summed E-state index contributed by atoms with van der Waals surface area (Å²) < 4.78 is 27.1. The Balaban J connectivity index is 3.11. The van der Waals surface area contributed by atoms with Crippen LogP contribution in [0.2, 0.25) is 0 Å². The van der Waals surface area contributed by atoms with Gasteiger partial charge in [0.2, 0.25) is 0 Å². The number of halogens is 2. The third kappa shape index (κ3) is 3.78. The summed E-state index contributed by atoms with van der Waals surface area (Å²) in [5.74, 6) is -1.99. The van der Waals surface area contributed by atoms with Gasteiger partial charge in [-0.25, -0.2) is 13.8 Å². The Bertz CT molecular complexity index is 502. The number of hydrogen-bond donors (Lipinski definition) is 1. The van der Waals surface area contributed by atoms with Crippen molar-refractivity contribution < 1.29 is 8.78 Å². The van der Waals surface area contributed by atoms with E-state index in [1.54, 1.807) is 0 Å². The molecule has 0 saturated carbocycles. The quantitative estimate of drug-likeness (QED) is 0.796. The first-order chi connectivity index (χ1) is 9.13. The molecule has 1 heterocycles. The van der Waals surface area contributed by atoms with Crippen LogP contribution in [0.15, 0.2) is 6.07 Å². The van der Waals surface area contributed by atoms with Gasteiger partial charge in [-0.15, -0.1) is 0 Å². The minimum atomic E-state index is -0.898. The molecule has 7 heteroatoms. The second kappa shape index (κ2) is 7.12. The van der Waals surface area contributed by atoms with Crippen LogP contribution in [-0.4, -0.2) is 24.6 Å². The average Bonchev–Trinajstić information content (AvgIpc) is 2.38. The van der Waals surface area contributed by atoms with E-state index < -0.39 is 11.6 Å². The third-order valence-corrected chi connectivity index (χ3v) is 2.28. The normalized spacial score (nSPS) is 9.53. The smallest absolute Gasteiger partial charge is 0.169 e. The van der Waals surface area contributed by atoms with Crippen molar-refractivity contribution in [3.63, 3.8) is 0 Å². The van der Waals surface area contributed by atoms with Crippen LogP contribution in [0.4, 0.5) is 20.4 Å². The van der Waals surface area contributed by atoms with E-state index >= 15 is 0 Å². The van der Waals surface area contributed by atoms with Gasteiger partial charge in [0, 0.05) is 12.6 Å². The molecule has 0 aliphatic heterocycles. The molecule has 0 amide bonds. The molecule has 0 unspecified atom stereocenters. The summed E-state index contributed by atoms with van der Waals surface area (Å²) in [6.07, 6.45) is 0.758. The highest BCUT2D eigenvalue weighted by Gasteiger charge is 2.17. The molecule has 5 nitrogen and oxygen atoms in total. The predicted octanol–water partition coefficient (Wildman–Crippen LogP) is 2.04. The Morgan fingerprint density at radius 1 is 1.26 bits per heavy atom. The lowest BCUT2D eigenvalue weighted by Gasteiger charge is -2.18. The van der Waals surface area contributed by atoms with Crippen molar-refractivity contribution in [1.29, 1.82) is 10.5 Å². The van der Waals surface area contributed by atoms with E-state index in [4.69, 9.17) is 10.5 Å². The molecule has 1 rings (SSSR count). The van der Waals surface area contributed by atoms with Gasteiger partial charge in [0.05, 0.1) is 12.1 Å². The van der Waals surface area contributed by atoms with Crippen molar-refractivity contribution in [2.24, 2.45) is 0 Å². The van der Waals surface area contributed by atoms with Gasteiger partial charge in [0.1, 0.15) is 13.1 Å². The summed E-state index contributed by atoms with van der Waals surface area (Å²) in [7, 11) is 0. The first kappa shape index (κ1) is 14.7. The van der Waals surface area contributed by atoms with Gasteiger partial charge < -0.3 is 10.2 Å². The first-order valence-corrected chi connectivity index (χ1v) is 5.72. The first-order valence-electron chi connectivity index (χ1n) is 5.72. The number of aromatic nitrogens is 1. The van der Waals surface area contributed by atoms with Crippen molar-refractivity contribution >= 4 is 11.6 Å². The van der Waals surface area contributed by atoms with Crippen molar-refractivity contribution in [2.45, 2.75) is 13.3 Å². The van der Waals surface area contributed by atoms with Crippen molar-refractivity contribution in [1.82, 2.24) is 4.98 Å². The third-order valence-electron chi connectivity index (χ3n) is 2.28. The van der Waals surface area contributed by atoms with Crippen LogP contribution in [0.3, 0.4) is 0 Å². The summed E-state index contributed by atoms with van der Waals surface area (Å²) in [4.78, 5) is 4.95. The van der Waals surface area contributed by atoms with E-state index in [1.807, 2.05) is 19.1 Å². The van der Waals surface area contributed by atoms with Crippen molar-refractivity contribution in [3.8, 4) is 12.1 Å². The molecule has 0 fully saturated rings. The fraction of sp³-hybridized carbons (Fsp3) is 0.417. The van der Waals surface area contributed by atoms with Crippen LogP contribution in [0.5, 0.6) is 0 Å².